The first-order chi connectivity index (χ1) is 12.8. The number of morpholine rings is 1. The molecule has 1 heterocycles. The van der Waals surface area contributed by atoms with Gasteiger partial charge < -0.3 is 15.0 Å². The Hall–Kier alpha value is -2.65. The molecule has 2 aromatic carbocycles. The highest BCUT2D eigenvalue weighted by Crippen LogP contribution is 2.26. The van der Waals surface area contributed by atoms with E-state index >= 15 is 0 Å². The number of anilines is 3. The van der Waals surface area contributed by atoms with E-state index < -0.39 is 15.8 Å². The molecule has 2 aromatic rings. The molecule has 27 heavy (non-hydrogen) atoms. The van der Waals surface area contributed by atoms with Crippen LogP contribution in [0.1, 0.15) is 6.92 Å². The Balaban J connectivity index is 1.81. The normalized spacial score (nSPS) is 14.7. The van der Waals surface area contributed by atoms with Gasteiger partial charge in [-0.1, -0.05) is 0 Å². The van der Waals surface area contributed by atoms with Crippen LogP contribution in [-0.4, -0.2) is 40.6 Å². The summed E-state index contributed by atoms with van der Waals surface area (Å²) in [5, 5.41) is 2.56. The van der Waals surface area contributed by atoms with Crippen molar-refractivity contribution >= 4 is 33.0 Å². The van der Waals surface area contributed by atoms with Crippen LogP contribution in [-0.2, 0) is 19.6 Å². The van der Waals surface area contributed by atoms with Gasteiger partial charge >= 0.3 is 0 Å². The maximum Gasteiger partial charge on any atom is 0.261 e. The molecule has 1 aliphatic rings. The van der Waals surface area contributed by atoms with Gasteiger partial charge in [0.2, 0.25) is 5.91 Å². The Morgan fingerprint density at radius 3 is 2.41 bits per heavy atom. The third kappa shape index (κ3) is 4.75. The van der Waals surface area contributed by atoms with Crippen molar-refractivity contribution < 1.29 is 22.3 Å². The number of benzene rings is 2. The van der Waals surface area contributed by atoms with Crippen molar-refractivity contribution in [2.24, 2.45) is 0 Å². The second kappa shape index (κ2) is 7.93. The molecule has 1 aliphatic heterocycles. The Morgan fingerprint density at radius 2 is 1.78 bits per heavy atom. The SMILES string of the molecule is CC(=O)Nc1ccc(S(=O)(=O)Nc2cc(N3CCOCC3)ccc2F)cc1. The van der Waals surface area contributed by atoms with Gasteiger partial charge in [-0.3, -0.25) is 9.52 Å². The lowest BCUT2D eigenvalue weighted by atomic mass is 10.2. The van der Waals surface area contributed by atoms with Gasteiger partial charge in [0, 0.05) is 31.4 Å². The van der Waals surface area contributed by atoms with Crippen LogP contribution >= 0.6 is 0 Å². The number of nitrogens with zero attached hydrogens (tertiary/aromatic N) is 1. The molecule has 0 spiro atoms. The molecule has 0 saturated carbocycles. The quantitative estimate of drug-likeness (QED) is 0.815. The fourth-order valence-electron chi connectivity index (χ4n) is 2.73. The topological polar surface area (TPSA) is 87.7 Å². The molecule has 0 unspecified atom stereocenters. The van der Waals surface area contributed by atoms with Crippen molar-refractivity contribution in [2.45, 2.75) is 11.8 Å². The van der Waals surface area contributed by atoms with Crippen molar-refractivity contribution in [2.75, 3.05) is 41.2 Å². The molecule has 2 N–H and O–H groups in total. The molecule has 7 nitrogen and oxygen atoms in total. The summed E-state index contributed by atoms with van der Waals surface area (Å²) in [5.74, 6) is -0.920. The van der Waals surface area contributed by atoms with E-state index in [2.05, 4.69) is 10.0 Å². The van der Waals surface area contributed by atoms with E-state index in [0.717, 1.165) is 5.69 Å². The Bertz CT molecular complexity index is 926. The fraction of sp³-hybridized carbons (Fsp3) is 0.278. The molecule has 0 aromatic heterocycles. The van der Waals surface area contributed by atoms with Crippen LogP contribution in [0.2, 0.25) is 0 Å². The number of carbonyl (C=O) groups excluding carboxylic acids is 1. The summed E-state index contributed by atoms with van der Waals surface area (Å²) < 4.78 is 46.9. The standard InChI is InChI=1S/C18H20FN3O4S/c1-13(23)20-14-2-5-16(6-3-14)27(24,25)21-18-12-15(4-7-17(18)19)22-8-10-26-11-9-22/h2-7,12,21H,8-11H2,1H3,(H,20,23). The molecular weight excluding hydrogens is 373 g/mol. The van der Waals surface area contributed by atoms with Crippen molar-refractivity contribution in [1.82, 2.24) is 0 Å². The average molecular weight is 393 g/mol. The number of carbonyl (C=O) groups is 1. The Kier molecular flexibility index (Phi) is 5.62. The van der Waals surface area contributed by atoms with E-state index in [4.69, 9.17) is 4.74 Å². The highest BCUT2D eigenvalue weighted by Gasteiger charge is 2.19. The van der Waals surface area contributed by atoms with E-state index in [-0.39, 0.29) is 16.5 Å². The van der Waals surface area contributed by atoms with Gasteiger partial charge in [0.05, 0.1) is 23.8 Å². The summed E-state index contributed by atoms with van der Waals surface area (Å²) in [6, 6.07) is 9.95. The number of rotatable bonds is 5. The van der Waals surface area contributed by atoms with Gasteiger partial charge in [0.25, 0.3) is 10.0 Å². The zero-order valence-corrected chi connectivity index (χ0v) is 15.6. The van der Waals surface area contributed by atoms with E-state index in [9.17, 15) is 17.6 Å². The van der Waals surface area contributed by atoms with Crippen LogP contribution in [0.3, 0.4) is 0 Å². The van der Waals surface area contributed by atoms with Crippen molar-refractivity contribution in [3.05, 3.63) is 48.3 Å². The lowest BCUT2D eigenvalue weighted by Crippen LogP contribution is -2.36. The Labute approximate surface area is 157 Å². The number of ether oxygens (including phenoxy) is 1. The highest BCUT2D eigenvalue weighted by molar-refractivity contribution is 7.92. The van der Waals surface area contributed by atoms with Crippen LogP contribution in [0.15, 0.2) is 47.4 Å². The molecule has 0 atom stereocenters. The van der Waals surface area contributed by atoms with Crippen LogP contribution in [0.5, 0.6) is 0 Å². The minimum absolute atomic E-state index is 0.0345. The van der Waals surface area contributed by atoms with Crippen LogP contribution in [0, 0.1) is 5.82 Å². The zero-order chi connectivity index (χ0) is 19.4. The molecular formula is C18H20FN3O4S. The first kappa shape index (κ1) is 19.1. The minimum atomic E-state index is -3.97. The molecule has 1 fully saturated rings. The average Bonchev–Trinajstić information content (AvgIpc) is 2.64. The molecule has 9 heteroatoms. The van der Waals surface area contributed by atoms with E-state index in [1.165, 1.54) is 43.3 Å². The first-order valence-corrected chi connectivity index (χ1v) is 9.86. The first-order valence-electron chi connectivity index (χ1n) is 8.38. The second-order valence-corrected chi connectivity index (χ2v) is 7.76. The van der Waals surface area contributed by atoms with E-state index in [1.807, 2.05) is 4.90 Å². The molecule has 0 radical (unpaired) electrons. The summed E-state index contributed by atoms with van der Waals surface area (Å²) in [7, 11) is -3.97. The van der Waals surface area contributed by atoms with Gasteiger partial charge in [-0.2, -0.15) is 0 Å². The molecule has 1 amide bonds. The maximum atomic E-state index is 14.2. The predicted octanol–water partition coefficient (Wildman–Crippen LogP) is 2.42. The zero-order valence-electron chi connectivity index (χ0n) is 14.7. The number of sulfonamides is 1. The molecule has 0 aliphatic carbocycles. The van der Waals surface area contributed by atoms with Crippen LogP contribution in [0.4, 0.5) is 21.5 Å². The summed E-state index contributed by atoms with van der Waals surface area (Å²) in [6.07, 6.45) is 0. The molecule has 3 rings (SSSR count). The summed E-state index contributed by atoms with van der Waals surface area (Å²) in [4.78, 5) is 13.0. The highest BCUT2D eigenvalue weighted by atomic mass is 32.2. The largest absolute Gasteiger partial charge is 0.378 e. The Morgan fingerprint density at radius 1 is 1.11 bits per heavy atom. The lowest BCUT2D eigenvalue weighted by molar-refractivity contribution is -0.114. The minimum Gasteiger partial charge on any atom is -0.378 e. The third-order valence-corrected chi connectivity index (χ3v) is 5.44. The number of halogens is 1. The van der Waals surface area contributed by atoms with Crippen molar-refractivity contribution in [1.29, 1.82) is 0 Å². The number of hydrogen-bond acceptors (Lipinski definition) is 5. The van der Waals surface area contributed by atoms with Gasteiger partial charge in [-0.25, -0.2) is 12.8 Å². The molecule has 0 bridgehead atoms. The van der Waals surface area contributed by atoms with Gasteiger partial charge in [-0.15, -0.1) is 0 Å². The summed E-state index contributed by atoms with van der Waals surface area (Å²) in [6.45, 7) is 3.81. The third-order valence-electron chi connectivity index (χ3n) is 4.06. The van der Waals surface area contributed by atoms with Crippen molar-refractivity contribution in [3.63, 3.8) is 0 Å². The maximum absolute atomic E-state index is 14.2. The monoisotopic (exact) mass is 393 g/mol. The predicted molar refractivity (Wildman–Crippen MR) is 101 cm³/mol. The molecule has 144 valence electrons. The number of nitrogens with one attached hydrogen (secondary N) is 2. The van der Waals surface area contributed by atoms with Crippen molar-refractivity contribution in [3.8, 4) is 0 Å². The smallest absolute Gasteiger partial charge is 0.261 e. The van der Waals surface area contributed by atoms with E-state index in [0.29, 0.717) is 32.0 Å². The van der Waals surface area contributed by atoms with Gasteiger partial charge in [-0.05, 0) is 42.5 Å². The summed E-state index contributed by atoms with van der Waals surface area (Å²) >= 11 is 0. The van der Waals surface area contributed by atoms with Crippen LogP contribution in [0.25, 0.3) is 0 Å². The lowest BCUT2D eigenvalue weighted by Gasteiger charge is -2.29. The second-order valence-electron chi connectivity index (χ2n) is 6.07. The number of hydrogen-bond donors (Lipinski definition) is 2. The van der Waals surface area contributed by atoms with Gasteiger partial charge in [0.15, 0.2) is 0 Å². The van der Waals surface area contributed by atoms with E-state index in [1.54, 1.807) is 6.07 Å². The van der Waals surface area contributed by atoms with Crippen LogP contribution < -0.4 is 14.9 Å². The summed E-state index contributed by atoms with van der Waals surface area (Å²) in [5.41, 5.74) is 1.07. The molecule has 1 saturated heterocycles. The number of amides is 1. The van der Waals surface area contributed by atoms with Gasteiger partial charge in [0.1, 0.15) is 5.82 Å². The fourth-order valence-corrected chi connectivity index (χ4v) is 3.79.